The zero-order valence-corrected chi connectivity index (χ0v) is 16.2. The van der Waals surface area contributed by atoms with E-state index in [1.807, 2.05) is 12.1 Å². The molecule has 25 heavy (non-hydrogen) atoms. The predicted molar refractivity (Wildman–Crippen MR) is 103 cm³/mol. The van der Waals surface area contributed by atoms with Crippen LogP contribution >= 0.6 is 22.9 Å². The molecule has 6 nitrogen and oxygen atoms in total. The number of aliphatic hydroxyl groups is 1. The first-order valence-corrected chi connectivity index (χ1v) is 10.1. The summed E-state index contributed by atoms with van der Waals surface area (Å²) in [6.45, 7) is 8.91. The fourth-order valence-corrected chi connectivity index (χ4v) is 4.41. The van der Waals surface area contributed by atoms with E-state index in [0.29, 0.717) is 16.9 Å². The highest BCUT2D eigenvalue weighted by atomic mass is 35.5. The fourth-order valence-electron chi connectivity index (χ4n) is 3.37. The average molecular weight is 387 g/mol. The maximum Gasteiger partial charge on any atom is 0.194 e. The lowest BCUT2D eigenvalue weighted by Gasteiger charge is -2.32. The van der Waals surface area contributed by atoms with Crippen molar-refractivity contribution >= 4 is 28.9 Å². The first-order chi connectivity index (χ1) is 12.2. The number of thiophene rings is 1. The van der Waals surface area contributed by atoms with Crippen LogP contribution in [0.4, 0.5) is 0 Å². The van der Waals surface area contributed by atoms with Gasteiger partial charge in [-0.05, 0) is 25.5 Å². The number of aliphatic hydroxyl groups excluding tert-OH is 1. The van der Waals surface area contributed by atoms with Crippen LogP contribution < -0.4 is 5.32 Å². The highest BCUT2D eigenvalue weighted by Crippen LogP contribution is 2.27. The Balaban J connectivity index is 1.58. The van der Waals surface area contributed by atoms with E-state index in [-0.39, 0.29) is 0 Å². The Bertz CT molecular complexity index is 577. The van der Waals surface area contributed by atoms with Gasteiger partial charge in [0.05, 0.1) is 24.1 Å². The van der Waals surface area contributed by atoms with Crippen LogP contribution in [0.1, 0.15) is 24.3 Å². The fraction of sp³-hybridized carbons (Fsp3) is 0.706. The minimum Gasteiger partial charge on any atom is -0.386 e. The highest BCUT2D eigenvalue weighted by molar-refractivity contribution is 7.16. The largest absolute Gasteiger partial charge is 0.386 e. The quantitative estimate of drug-likeness (QED) is 0.597. The van der Waals surface area contributed by atoms with E-state index in [1.165, 1.54) is 11.3 Å². The number of nitrogens with zero attached hydrogens (tertiary/aromatic N) is 3. The van der Waals surface area contributed by atoms with Gasteiger partial charge in [-0.3, -0.25) is 9.89 Å². The molecule has 2 aliphatic rings. The van der Waals surface area contributed by atoms with E-state index < -0.39 is 6.10 Å². The Labute approximate surface area is 158 Å². The van der Waals surface area contributed by atoms with Crippen molar-refractivity contribution in [2.24, 2.45) is 4.99 Å². The second-order valence-corrected chi connectivity index (χ2v) is 8.14. The van der Waals surface area contributed by atoms with E-state index in [2.05, 4.69) is 27.0 Å². The van der Waals surface area contributed by atoms with Gasteiger partial charge in [-0.1, -0.05) is 11.6 Å². The van der Waals surface area contributed by atoms with Crippen molar-refractivity contribution in [1.29, 1.82) is 0 Å². The van der Waals surface area contributed by atoms with Gasteiger partial charge in [-0.15, -0.1) is 11.3 Å². The van der Waals surface area contributed by atoms with Crippen molar-refractivity contribution in [2.45, 2.75) is 25.5 Å². The summed E-state index contributed by atoms with van der Waals surface area (Å²) in [5, 5.41) is 13.7. The van der Waals surface area contributed by atoms with E-state index in [0.717, 1.165) is 63.2 Å². The van der Waals surface area contributed by atoms with Gasteiger partial charge in [-0.2, -0.15) is 0 Å². The minimum atomic E-state index is -0.608. The number of ether oxygens (including phenoxy) is 1. The van der Waals surface area contributed by atoms with E-state index in [4.69, 9.17) is 16.3 Å². The lowest BCUT2D eigenvalue weighted by Crippen LogP contribution is -2.46. The number of nitrogens with one attached hydrogen (secondary N) is 1. The molecule has 140 valence electrons. The van der Waals surface area contributed by atoms with Gasteiger partial charge >= 0.3 is 0 Å². The third-order valence-electron chi connectivity index (χ3n) is 4.70. The number of likely N-dealkylation sites (tertiary alicyclic amines) is 1. The molecule has 2 N–H and O–H groups in total. The molecule has 0 spiro atoms. The Kier molecular flexibility index (Phi) is 6.95. The second-order valence-electron chi connectivity index (χ2n) is 6.39. The zero-order chi connectivity index (χ0) is 17.6. The Hall–Kier alpha value is -0.860. The topological polar surface area (TPSA) is 60.3 Å². The van der Waals surface area contributed by atoms with Crippen molar-refractivity contribution in [3.05, 3.63) is 21.3 Å². The lowest BCUT2D eigenvalue weighted by atomic mass is 10.2. The lowest BCUT2D eigenvalue weighted by molar-refractivity contribution is 0.0194. The van der Waals surface area contributed by atoms with Crippen LogP contribution in [-0.4, -0.2) is 79.4 Å². The van der Waals surface area contributed by atoms with Gasteiger partial charge in [0.2, 0.25) is 0 Å². The molecule has 0 aromatic carbocycles. The van der Waals surface area contributed by atoms with Gasteiger partial charge in [0.25, 0.3) is 0 Å². The van der Waals surface area contributed by atoms with Crippen molar-refractivity contribution in [3.8, 4) is 0 Å². The zero-order valence-electron chi connectivity index (χ0n) is 14.7. The summed E-state index contributed by atoms with van der Waals surface area (Å²) in [7, 11) is 0. The number of guanidine groups is 1. The molecule has 0 bridgehead atoms. The molecule has 1 aromatic heterocycles. The molecule has 2 atom stereocenters. The molecule has 3 rings (SSSR count). The molecule has 2 unspecified atom stereocenters. The van der Waals surface area contributed by atoms with Crippen LogP contribution in [-0.2, 0) is 4.74 Å². The summed E-state index contributed by atoms with van der Waals surface area (Å²) in [6.07, 6.45) is 0.539. The Morgan fingerprint density at radius 3 is 2.92 bits per heavy atom. The summed E-state index contributed by atoms with van der Waals surface area (Å²) >= 11 is 7.35. The van der Waals surface area contributed by atoms with E-state index in [1.54, 1.807) is 0 Å². The monoisotopic (exact) mass is 386 g/mol. The molecule has 2 aliphatic heterocycles. The summed E-state index contributed by atoms with van der Waals surface area (Å²) in [4.78, 5) is 10.3. The number of hydrogen-bond donors (Lipinski definition) is 2. The molecular weight excluding hydrogens is 360 g/mol. The van der Waals surface area contributed by atoms with E-state index in [9.17, 15) is 5.11 Å². The average Bonchev–Trinajstić information content (AvgIpc) is 3.28. The predicted octanol–water partition coefficient (Wildman–Crippen LogP) is 1.81. The van der Waals surface area contributed by atoms with Crippen molar-refractivity contribution in [1.82, 2.24) is 15.1 Å². The smallest absolute Gasteiger partial charge is 0.194 e. The molecule has 3 heterocycles. The van der Waals surface area contributed by atoms with Crippen LogP contribution in [0, 0.1) is 0 Å². The van der Waals surface area contributed by atoms with Gasteiger partial charge in [0.15, 0.2) is 5.96 Å². The van der Waals surface area contributed by atoms with Crippen LogP contribution in [0.25, 0.3) is 0 Å². The Morgan fingerprint density at radius 2 is 2.24 bits per heavy atom. The first kappa shape index (κ1) is 18.9. The summed E-state index contributed by atoms with van der Waals surface area (Å²) < 4.78 is 6.15. The molecule has 0 amide bonds. The normalized spacial score (nSPS) is 23.9. The van der Waals surface area contributed by atoms with Crippen LogP contribution in [0.2, 0.25) is 4.34 Å². The molecule has 0 radical (unpaired) electrons. The number of halogens is 1. The summed E-state index contributed by atoms with van der Waals surface area (Å²) in [5.74, 6) is 0.889. The molecule has 0 aliphatic carbocycles. The number of hydrogen-bond acceptors (Lipinski definition) is 5. The molecular formula is C17H27ClN4O2S. The van der Waals surface area contributed by atoms with Gasteiger partial charge in [0, 0.05) is 43.6 Å². The van der Waals surface area contributed by atoms with Gasteiger partial charge < -0.3 is 20.1 Å². The van der Waals surface area contributed by atoms with Crippen LogP contribution in [0.3, 0.4) is 0 Å². The van der Waals surface area contributed by atoms with Gasteiger partial charge in [0.1, 0.15) is 6.10 Å². The summed E-state index contributed by atoms with van der Waals surface area (Å²) in [5.41, 5.74) is 0. The number of aliphatic imine (C=N–C) groups is 1. The number of morpholine rings is 1. The molecule has 1 aromatic rings. The van der Waals surface area contributed by atoms with E-state index >= 15 is 0 Å². The maximum absolute atomic E-state index is 10.3. The summed E-state index contributed by atoms with van der Waals surface area (Å²) in [6, 6.07) is 4.24. The Morgan fingerprint density at radius 1 is 1.44 bits per heavy atom. The first-order valence-electron chi connectivity index (χ1n) is 8.95. The molecule has 2 saturated heterocycles. The SMILES string of the molecule is CCNC(=NCC(O)c1ccc(Cl)s1)N1CCC(N2CCOCC2)C1. The maximum atomic E-state index is 10.3. The van der Waals surface area contributed by atoms with Crippen LogP contribution in [0.15, 0.2) is 17.1 Å². The third-order valence-corrected chi connectivity index (χ3v) is 6.03. The highest BCUT2D eigenvalue weighted by Gasteiger charge is 2.30. The van der Waals surface area contributed by atoms with Crippen molar-refractivity contribution < 1.29 is 9.84 Å². The van der Waals surface area contributed by atoms with Crippen LogP contribution in [0.5, 0.6) is 0 Å². The third kappa shape index (κ3) is 5.08. The molecule has 8 heteroatoms. The van der Waals surface area contributed by atoms with Gasteiger partial charge in [-0.25, -0.2) is 0 Å². The standard InChI is InChI=1S/C17H27ClN4O2S/c1-2-19-17(20-11-14(23)15-3-4-16(18)25-15)22-6-5-13(12-22)21-7-9-24-10-8-21/h3-4,13-14,23H,2,5-12H2,1H3,(H,19,20). The second kappa shape index (κ2) is 9.19. The van der Waals surface area contributed by atoms with Crippen molar-refractivity contribution in [3.63, 3.8) is 0 Å². The minimum absolute atomic E-state index is 0.345. The molecule has 0 saturated carbocycles. The molecule has 2 fully saturated rings. The van der Waals surface area contributed by atoms with Crippen molar-refractivity contribution in [2.75, 3.05) is 52.5 Å². The number of rotatable bonds is 5.